The van der Waals surface area contributed by atoms with Gasteiger partial charge in [0.05, 0.1) is 34.4 Å². The highest BCUT2D eigenvalue weighted by molar-refractivity contribution is 7.99. The van der Waals surface area contributed by atoms with Gasteiger partial charge in [0.2, 0.25) is 0 Å². The second-order valence-electron chi connectivity index (χ2n) is 12.0. The van der Waals surface area contributed by atoms with Crippen LogP contribution in [0.4, 0.5) is 5.69 Å². The summed E-state index contributed by atoms with van der Waals surface area (Å²) >= 11 is 1.85. The minimum absolute atomic E-state index is 0.529. The zero-order chi connectivity index (χ0) is 31.1. The molecule has 2 aliphatic rings. The molecule has 0 radical (unpaired) electrons. The van der Waals surface area contributed by atoms with Crippen LogP contribution in [-0.2, 0) is 5.41 Å². The lowest BCUT2D eigenvalue weighted by Crippen LogP contribution is -2.32. The van der Waals surface area contributed by atoms with E-state index >= 15 is 0 Å². The minimum Gasteiger partial charge on any atom is -0.309 e. The summed E-state index contributed by atoms with van der Waals surface area (Å²) in [6, 6.07) is 47.4. The Morgan fingerprint density at radius 3 is 2.02 bits per heavy atom. The Balaban J connectivity index is 1.27. The molecular formula is C42H24N4S. The fraction of sp³-hybridized carbons (Fsp3) is 0.0238. The molecule has 0 unspecified atom stereocenters. The number of pyridine rings is 2. The first-order chi connectivity index (χ1) is 23.3. The Morgan fingerprint density at radius 2 is 1.26 bits per heavy atom. The number of hydrogen-bond donors (Lipinski definition) is 0. The molecular weight excluding hydrogens is 593 g/mol. The lowest BCUT2D eigenvalue weighted by Gasteiger charge is -2.39. The summed E-state index contributed by atoms with van der Waals surface area (Å²) in [4.78, 5) is 16.0. The molecule has 0 fully saturated rings. The summed E-state index contributed by atoms with van der Waals surface area (Å²) in [6.07, 6.45) is 3.75. The molecule has 218 valence electrons. The van der Waals surface area contributed by atoms with Crippen molar-refractivity contribution in [2.24, 2.45) is 0 Å². The van der Waals surface area contributed by atoms with Gasteiger partial charge in [-0.2, -0.15) is 0 Å². The highest BCUT2D eigenvalue weighted by Gasteiger charge is 2.51. The van der Waals surface area contributed by atoms with Crippen LogP contribution >= 0.6 is 11.8 Å². The topological polar surface area (TPSA) is 35.1 Å². The van der Waals surface area contributed by atoms with Crippen LogP contribution in [-0.4, -0.2) is 14.5 Å². The second-order valence-corrected chi connectivity index (χ2v) is 13.1. The number of rotatable bonds is 2. The van der Waals surface area contributed by atoms with Crippen LogP contribution in [0.25, 0.3) is 54.9 Å². The standard InChI is InChI=1S/C42H24N4S/c1-43-27-19-21-37-31(25-27)30-24-26(18-20-36(30)46(37)28-10-3-2-4-11-28)29-12-7-14-35-41(29)47-38-17-6-5-13-32(38)42(35)33-15-8-22-44-39(33)40-34(42)16-9-23-45-40/h2-25H. The van der Waals surface area contributed by atoms with Gasteiger partial charge in [-0.3, -0.25) is 9.97 Å². The molecule has 5 heteroatoms. The number of fused-ring (bicyclic) bond motifs is 12. The average molecular weight is 617 g/mol. The van der Waals surface area contributed by atoms with Crippen molar-refractivity contribution < 1.29 is 0 Å². The first-order valence-corrected chi connectivity index (χ1v) is 16.4. The van der Waals surface area contributed by atoms with Gasteiger partial charge in [-0.05, 0) is 93.4 Å². The van der Waals surface area contributed by atoms with Crippen LogP contribution in [0.2, 0.25) is 0 Å². The molecule has 0 saturated carbocycles. The Bertz CT molecular complexity index is 2580. The van der Waals surface area contributed by atoms with Gasteiger partial charge in [0.25, 0.3) is 0 Å². The van der Waals surface area contributed by atoms with E-state index in [9.17, 15) is 0 Å². The third-order valence-corrected chi connectivity index (χ3v) is 11.0. The molecule has 4 nitrogen and oxygen atoms in total. The SMILES string of the molecule is [C-]#[N+]c1ccc2c(c1)c1cc(-c3cccc4c3Sc3ccccc3C43c4cccnc4-c4ncccc43)ccc1n2-c1ccccc1. The summed E-state index contributed by atoms with van der Waals surface area (Å²) in [7, 11) is 0. The van der Waals surface area contributed by atoms with Crippen LogP contribution in [0.3, 0.4) is 0 Å². The Hall–Kier alpha value is -5.96. The van der Waals surface area contributed by atoms with Crippen LogP contribution in [0, 0.1) is 6.57 Å². The highest BCUT2D eigenvalue weighted by atomic mass is 32.2. The molecule has 0 bridgehead atoms. The van der Waals surface area contributed by atoms with Crippen LogP contribution in [0.1, 0.15) is 22.3 Å². The first-order valence-electron chi connectivity index (χ1n) is 15.6. The minimum atomic E-state index is -0.529. The van der Waals surface area contributed by atoms with Crippen LogP contribution in [0.5, 0.6) is 0 Å². The maximum absolute atomic E-state index is 7.73. The highest BCUT2D eigenvalue weighted by Crippen LogP contribution is 2.62. The average Bonchev–Trinajstić information content (AvgIpc) is 3.62. The van der Waals surface area contributed by atoms with Gasteiger partial charge in [0, 0.05) is 33.3 Å². The maximum atomic E-state index is 7.73. The number of para-hydroxylation sites is 1. The fourth-order valence-corrected chi connectivity index (χ4v) is 9.24. The van der Waals surface area contributed by atoms with Crippen molar-refractivity contribution in [1.29, 1.82) is 0 Å². The zero-order valence-electron chi connectivity index (χ0n) is 25.1. The molecule has 5 aromatic carbocycles. The summed E-state index contributed by atoms with van der Waals surface area (Å²) in [5.41, 5.74) is 12.5. The van der Waals surface area contributed by atoms with E-state index in [4.69, 9.17) is 16.5 Å². The van der Waals surface area contributed by atoms with E-state index in [0.717, 1.165) is 44.4 Å². The van der Waals surface area contributed by atoms with E-state index in [1.54, 1.807) is 0 Å². The number of aromatic nitrogens is 3. The summed E-state index contributed by atoms with van der Waals surface area (Å²) in [5.74, 6) is 0. The van der Waals surface area contributed by atoms with Gasteiger partial charge in [-0.25, -0.2) is 4.85 Å². The van der Waals surface area contributed by atoms with E-state index in [1.807, 2.05) is 54.5 Å². The summed E-state index contributed by atoms with van der Waals surface area (Å²) in [6.45, 7) is 7.73. The van der Waals surface area contributed by atoms with E-state index in [1.165, 1.54) is 37.6 Å². The molecule has 1 aliphatic carbocycles. The van der Waals surface area contributed by atoms with Gasteiger partial charge in [-0.15, -0.1) is 0 Å². The molecule has 4 heterocycles. The van der Waals surface area contributed by atoms with Gasteiger partial charge in [0.1, 0.15) is 0 Å². The van der Waals surface area contributed by atoms with Crippen molar-refractivity contribution in [3.63, 3.8) is 0 Å². The molecule has 0 saturated heterocycles. The summed E-state index contributed by atoms with van der Waals surface area (Å²) in [5, 5.41) is 2.21. The normalized spacial score (nSPS) is 13.6. The van der Waals surface area contributed by atoms with E-state index in [-0.39, 0.29) is 0 Å². The Kier molecular flexibility index (Phi) is 5.46. The third kappa shape index (κ3) is 3.48. The van der Waals surface area contributed by atoms with Gasteiger partial charge < -0.3 is 4.57 Å². The largest absolute Gasteiger partial charge is 0.309 e. The van der Waals surface area contributed by atoms with Gasteiger partial charge in [-0.1, -0.05) is 90.6 Å². The molecule has 3 aromatic heterocycles. The Morgan fingerprint density at radius 1 is 0.596 bits per heavy atom. The number of nitrogens with zero attached hydrogens (tertiary/aromatic N) is 4. The monoisotopic (exact) mass is 616 g/mol. The first kappa shape index (κ1) is 26.3. The number of benzene rings is 5. The molecule has 47 heavy (non-hydrogen) atoms. The lowest BCUT2D eigenvalue weighted by atomic mass is 9.67. The predicted octanol–water partition coefficient (Wildman–Crippen LogP) is 10.6. The quantitative estimate of drug-likeness (QED) is 0.181. The van der Waals surface area contributed by atoms with E-state index in [0.29, 0.717) is 5.69 Å². The van der Waals surface area contributed by atoms with Crippen molar-refractivity contribution in [3.8, 4) is 28.2 Å². The molecule has 1 spiro atoms. The third-order valence-electron chi connectivity index (χ3n) is 9.77. The van der Waals surface area contributed by atoms with Crippen LogP contribution in [0.15, 0.2) is 156 Å². The zero-order valence-corrected chi connectivity index (χ0v) is 25.9. The molecule has 0 N–H and O–H groups in total. The van der Waals surface area contributed by atoms with Gasteiger partial charge >= 0.3 is 0 Å². The van der Waals surface area contributed by atoms with E-state index < -0.39 is 5.41 Å². The molecule has 0 amide bonds. The van der Waals surface area contributed by atoms with Crippen molar-refractivity contribution in [1.82, 2.24) is 14.5 Å². The molecule has 1 aliphatic heterocycles. The van der Waals surface area contributed by atoms with Crippen LogP contribution < -0.4 is 0 Å². The van der Waals surface area contributed by atoms with Crippen molar-refractivity contribution >= 4 is 39.3 Å². The molecule has 10 rings (SSSR count). The predicted molar refractivity (Wildman–Crippen MR) is 189 cm³/mol. The smallest absolute Gasteiger partial charge is 0.188 e. The Labute approximate surface area is 275 Å². The van der Waals surface area contributed by atoms with E-state index in [2.05, 4.69) is 113 Å². The van der Waals surface area contributed by atoms with Crippen molar-refractivity contribution in [2.75, 3.05) is 0 Å². The number of hydrogen-bond acceptors (Lipinski definition) is 3. The lowest BCUT2D eigenvalue weighted by molar-refractivity contribution is 0.720. The molecule has 8 aromatic rings. The fourth-order valence-electron chi connectivity index (χ4n) is 7.91. The second kappa shape index (κ2) is 9.77. The summed E-state index contributed by atoms with van der Waals surface area (Å²) < 4.78 is 2.30. The molecule has 0 atom stereocenters. The van der Waals surface area contributed by atoms with Gasteiger partial charge in [0.15, 0.2) is 5.69 Å². The van der Waals surface area contributed by atoms with Crippen molar-refractivity contribution in [2.45, 2.75) is 15.2 Å². The maximum Gasteiger partial charge on any atom is 0.188 e. The van der Waals surface area contributed by atoms with Crippen molar-refractivity contribution in [3.05, 3.63) is 180 Å².